The third-order valence-electron chi connectivity index (χ3n) is 10.5. The fourth-order valence-electron chi connectivity index (χ4n) is 7.13. The Hall–Kier alpha value is -4.39. The van der Waals surface area contributed by atoms with Crippen molar-refractivity contribution in [2.24, 2.45) is 0 Å². The topological polar surface area (TPSA) is 43.2 Å². The summed E-state index contributed by atoms with van der Waals surface area (Å²) in [6, 6.07) is 30.7. The van der Waals surface area contributed by atoms with Crippen LogP contribution in [0.3, 0.4) is 0 Å². The fourth-order valence-corrected chi connectivity index (χ4v) is 7.13. The minimum Gasteiger partial charge on any atom is -0.505 e. The van der Waals surface area contributed by atoms with E-state index in [2.05, 4.69) is 180 Å². The van der Waals surface area contributed by atoms with Gasteiger partial charge in [-0.15, -0.1) is 59.4 Å². The number of hydrogen-bond acceptors (Lipinski definition) is 6. The number of hydrogen-bond donors (Lipinski definition) is 0. The molecule has 0 saturated heterocycles. The second kappa shape index (κ2) is 17.4. The number of aryl methyl sites for hydroxylation is 2. The molecule has 7 nitrogen and oxygen atoms in total. The van der Waals surface area contributed by atoms with Crippen LogP contribution in [-0.4, -0.2) is 37.3 Å². The quantitative estimate of drug-likeness (QED) is 0.114. The predicted octanol–water partition coefficient (Wildman–Crippen LogP) is 11.2. The van der Waals surface area contributed by atoms with E-state index < -0.39 is 0 Å². The van der Waals surface area contributed by atoms with Gasteiger partial charge in [0.1, 0.15) is 5.65 Å². The van der Waals surface area contributed by atoms with E-state index >= 15 is 0 Å². The smallest absolute Gasteiger partial charge is 0.120 e. The van der Waals surface area contributed by atoms with Crippen LogP contribution in [0.15, 0.2) is 95.8 Å². The Morgan fingerprint density at radius 3 is 1.61 bits per heavy atom. The van der Waals surface area contributed by atoms with Crippen molar-refractivity contribution < 1.29 is 20.1 Å². The number of unbranched alkanes of at least 4 members (excludes halogenated alkanes) is 1. The van der Waals surface area contributed by atoms with Crippen LogP contribution in [0.4, 0.5) is 11.4 Å². The van der Waals surface area contributed by atoms with Crippen molar-refractivity contribution in [2.45, 2.75) is 107 Å². The minimum absolute atomic E-state index is 0. The zero-order chi connectivity index (χ0) is 39.7. The van der Waals surface area contributed by atoms with Gasteiger partial charge in [0.05, 0.1) is 11.4 Å². The van der Waals surface area contributed by atoms with E-state index in [9.17, 15) is 0 Å². The van der Waals surface area contributed by atoms with E-state index in [0.717, 1.165) is 59.9 Å². The molecule has 3 aromatic carbocycles. The van der Waals surface area contributed by atoms with Gasteiger partial charge in [0.15, 0.2) is 0 Å². The number of aromatic nitrogens is 3. The molecule has 0 N–H and O–H groups in total. The Bertz CT molecular complexity index is 2070. The van der Waals surface area contributed by atoms with Gasteiger partial charge in [-0.05, 0) is 65.0 Å². The maximum atomic E-state index is 5.01. The van der Waals surface area contributed by atoms with Gasteiger partial charge >= 0.3 is 0 Å². The standard InChI is InChI=1S/C28H34N4.C20H24N3.Ir/c1-21-9-13-27(14-10-21)31-19-29(23(3)25(31)5)17-7-8-18-30-20-32(26(6)24(30)4)28-15-11-22(2)12-16-28;1-19(2,3)16-17(20(4,5)6)23-13-12-21-15(18(23)22-16)14-10-8-7-9-11-14;/h9-13,15,19-20H,7-8,17-18H2,1-6H3;7-10,12-13H,1-6H3;/q-4;-1;. The number of benzene rings is 3. The average Bonchev–Trinajstić information content (AvgIpc) is 3.79. The molecule has 0 fully saturated rings. The number of nitrogens with zero attached hydrogens (tertiary/aromatic N) is 7. The molecule has 0 bridgehead atoms. The summed E-state index contributed by atoms with van der Waals surface area (Å²) in [7, 11) is 0. The van der Waals surface area contributed by atoms with E-state index in [1.165, 1.54) is 39.6 Å². The van der Waals surface area contributed by atoms with Crippen LogP contribution in [0.1, 0.15) is 105 Å². The maximum absolute atomic E-state index is 5.01. The molecule has 2 aliphatic rings. The number of rotatable bonds is 8. The first-order chi connectivity index (χ1) is 26.0. The zero-order valence-corrected chi connectivity index (χ0v) is 37.8. The molecular weight excluding hydrogens is 867 g/mol. The molecule has 2 aromatic heterocycles. The molecule has 56 heavy (non-hydrogen) atoms. The first-order valence-electron chi connectivity index (χ1n) is 19.5. The molecule has 0 spiro atoms. The monoisotopic (exact) mass is 925 g/mol. The first-order valence-corrected chi connectivity index (χ1v) is 19.5. The normalized spacial score (nSPS) is 14.9. The summed E-state index contributed by atoms with van der Waals surface area (Å²) in [5.41, 5.74) is 15.0. The van der Waals surface area contributed by atoms with Gasteiger partial charge in [-0.2, -0.15) is 60.9 Å². The molecule has 0 unspecified atom stereocenters. The Balaban J connectivity index is 0.000000222. The number of anilines is 2. The third-order valence-corrected chi connectivity index (χ3v) is 10.5. The van der Waals surface area contributed by atoms with E-state index in [-0.39, 0.29) is 30.9 Å². The summed E-state index contributed by atoms with van der Waals surface area (Å²) >= 11 is 0. The molecule has 1 radical (unpaired) electrons. The Morgan fingerprint density at radius 1 is 0.643 bits per heavy atom. The van der Waals surface area contributed by atoms with Gasteiger partial charge in [-0.3, -0.25) is 4.98 Å². The van der Waals surface area contributed by atoms with Crippen LogP contribution in [0.25, 0.3) is 16.9 Å². The fraction of sp³-hybridized carbons (Fsp3) is 0.375. The first kappa shape index (κ1) is 42.7. The van der Waals surface area contributed by atoms with E-state index in [0.29, 0.717) is 0 Å². The van der Waals surface area contributed by atoms with Crippen LogP contribution in [0, 0.1) is 45.4 Å². The largest absolute Gasteiger partial charge is 0.505 e. The van der Waals surface area contributed by atoms with Crippen molar-refractivity contribution in [3.8, 4) is 11.3 Å². The second-order valence-electron chi connectivity index (χ2n) is 17.0. The van der Waals surface area contributed by atoms with Gasteiger partial charge in [-0.1, -0.05) is 55.4 Å². The Labute approximate surface area is 350 Å². The molecule has 8 heteroatoms. The van der Waals surface area contributed by atoms with Crippen molar-refractivity contribution in [2.75, 3.05) is 22.9 Å². The maximum Gasteiger partial charge on any atom is 0.120 e. The molecule has 7 rings (SSSR count). The van der Waals surface area contributed by atoms with Gasteiger partial charge in [0.25, 0.3) is 0 Å². The van der Waals surface area contributed by atoms with Gasteiger partial charge in [0.2, 0.25) is 0 Å². The molecule has 0 saturated carbocycles. The summed E-state index contributed by atoms with van der Waals surface area (Å²) in [6.07, 6.45) is 6.15. The summed E-state index contributed by atoms with van der Waals surface area (Å²) in [6.45, 7) is 32.8. The summed E-state index contributed by atoms with van der Waals surface area (Å²) in [5.74, 6) is 0. The van der Waals surface area contributed by atoms with Crippen molar-refractivity contribution in [3.05, 3.63) is 150 Å². The van der Waals surface area contributed by atoms with Crippen LogP contribution in [-0.2, 0) is 30.9 Å². The molecule has 2 aliphatic heterocycles. The van der Waals surface area contributed by atoms with Gasteiger partial charge in [0, 0.05) is 60.4 Å². The molecule has 299 valence electrons. The Kier molecular flexibility index (Phi) is 13.3. The number of allylic oxidation sites excluding steroid dienone is 4. The SMILES string of the molecule is CC(C)(C)c1nc2c(-c3[c-]cccc3)nccn2c1C(C)(C)C.CC1=C(C)N(c2[c-]cc(C)cc2)[CH-]N1CCCCN1[CH-]N(c2[c-]cc(C)cc2)C(C)=C1C.[Ir]. The Morgan fingerprint density at radius 2 is 1.18 bits per heavy atom. The third kappa shape index (κ3) is 9.24. The van der Waals surface area contributed by atoms with Crippen LogP contribution in [0.5, 0.6) is 0 Å². The van der Waals surface area contributed by atoms with Crippen molar-refractivity contribution in [1.29, 1.82) is 0 Å². The average molecular weight is 925 g/mol. The summed E-state index contributed by atoms with van der Waals surface area (Å²) in [4.78, 5) is 18.8. The molecule has 0 atom stereocenters. The summed E-state index contributed by atoms with van der Waals surface area (Å²) in [5, 5.41) is 0. The van der Waals surface area contributed by atoms with E-state index in [1.807, 2.05) is 36.7 Å². The van der Waals surface area contributed by atoms with Gasteiger partial charge in [-0.25, -0.2) is 4.98 Å². The number of imidazole rings is 1. The van der Waals surface area contributed by atoms with Crippen molar-refractivity contribution >= 4 is 17.0 Å². The predicted molar refractivity (Wildman–Crippen MR) is 228 cm³/mol. The van der Waals surface area contributed by atoms with Crippen LogP contribution >= 0.6 is 0 Å². The summed E-state index contributed by atoms with van der Waals surface area (Å²) < 4.78 is 2.20. The molecule has 0 amide bonds. The van der Waals surface area contributed by atoms with E-state index in [4.69, 9.17) is 4.98 Å². The molecule has 5 aromatic rings. The van der Waals surface area contributed by atoms with Crippen LogP contribution < -0.4 is 9.80 Å². The zero-order valence-electron chi connectivity index (χ0n) is 35.4. The minimum atomic E-state index is -0.0215. The van der Waals surface area contributed by atoms with Crippen LogP contribution in [0.2, 0.25) is 0 Å². The van der Waals surface area contributed by atoms with E-state index in [1.54, 1.807) is 0 Å². The second-order valence-corrected chi connectivity index (χ2v) is 17.0. The molecule has 4 heterocycles. The molecular formula is C48H58IrN7-5. The van der Waals surface area contributed by atoms with Crippen molar-refractivity contribution in [1.82, 2.24) is 24.2 Å². The number of fused-ring (bicyclic) bond motifs is 1. The van der Waals surface area contributed by atoms with Gasteiger partial charge < -0.3 is 24.0 Å². The van der Waals surface area contributed by atoms with Crippen molar-refractivity contribution in [3.63, 3.8) is 0 Å². The molecule has 0 aliphatic carbocycles.